The lowest BCUT2D eigenvalue weighted by Crippen LogP contribution is -2.05. The third-order valence-electron chi connectivity index (χ3n) is 6.72. The van der Waals surface area contributed by atoms with Crippen LogP contribution in [-0.4, -0.2) is 25.2 Å². The molecule has 0 aliphatic heterocycles. The van der Waals surface area contributed by atoms with Gasteiger partial charge >= 0.3 is 11.9 Å². The van der Waals surface area contributed by atoms with Crippen LogP contribution in [0.5, 0.6) is 0 Å². The summed E-state index contributed by atoms with van der Waals surface area (Å²) < 4.78 is 10.6. The minimum Gasteiger partial charge on any atom is -0.466 e. The van der Waals surface area contributed by atoms with Gasteiger partial charge in [-0.2, -0.15) is 0 Å². The zero-order valence-corrected chi connectivity index (χ0v) is 24.2. The Labute approximate surface area is 224 Å². The van der Waals surface area contributed by atoms with Crippen LogP contribution in [0.1, 0.15) is 168 Å². The fourth-order valence-electron chi connectivity index (χ4n) is 4.40. The Bertz CT molecular complexity index is 500. The molecule has 0 bridgehead atoms. The largest absolute Gasteiger partial charge is 0.466 e. The molecule has 4 nitrogen and oxygen atoms in total. The number of esters is 2. The van der Waals surface area contributed by atoms with Crippen molar-refractivity contribution in [3.05, 3.63) is 12.2 Å². The number of ether oxygens (including phenoxy) is 2. The van der Waals surface area contributed by atoms with Gasteiger partial charge in [0.25, 0.3) is 0 Å². The van der Waals surface area contributed by atoms with E-state index in [9.17, 15) is 9.59 Å². The lowest BCUT2D eigenvalue weighted by atomic mass is 10.0. The average molecular weight is 509 g/mol. The zero-order valence-electron chi connectivity index (χ0n) is 24.2. The third kappa shape index (κ3) is 28.9. The minimum absolute atomic E-state index is 0.0405. The smallest absolute Gasteiger partial charge is 0.305 e. The number of allylic oxidation sites excluding steroid dienone is 1. The molecule has 0 fully saturated rings. The predicted molar refractivity (Wildman–Crippen MR) is 153 cm³/mol. The van der Waals surface area contributed by atoms with Crippen LogP contribution < -0.4 is 0 Å². The number of rotatable bonds is 28. The Morgan fingerprint density at radius 2 is 0.861 bits per heavy atom. The molecule has 0 aromatic heterocycles. The van der Waals surface area contributed by atoms with Crippen LogP contribution in [0.15, 0.2) is 12.2 Å². The summed E-state index contributed by atoms with van der Waals surface area (Å²) in [6, 6.07) is 0. The summed E-state index contributed by atoms with van der Waals surface area (Å²) in [5.74, 6) is -0.123. The van der Waals surface area contributed by atoms with Gasteiger partial charge in [0, 0.05) is 12.8 Å². The zero-order chi connectivity index (χ0) is 26.4. The van der Waals surface area contributed by atoms with Gasteiger partial charge in [-0.25, -0.2) is 0 Å². The van der Waals surface area contributed by atoms with Gasteiger partial charge in [0.15, 0.2) is 0 Å². The van der Waals surface area contributed by atoms with E-state index in [4.69, 9.17) is 9.47 Å². The average Bonchev–Trinajstić information content (AvgIpc) is 2.87. The Kier molecular flexibility index (Phi) is 28.8. The quantitative estimate of drug-likeness (QED) is 0.0599. The topological polar surface area (TPSA) is 52.6 Å². The van der Waals surface area contributed by atoms with Crippen LogP contribution in [0.25, 0.3) is 0 Å². The Morgan fingerprint density at radius 1 is 0.472 bits per heavy atom. The molecule has 0 amide bonds. The molecule has 0 heterocycles. The van der Waals surface area contributed by atoms with Crippen LogP contribution in [-0.2, 0) is 19.1 Å². The van der Waals surface area contributed by atoms with Crippen LogP contribution in [0.2, 0.25) is 0 Å². The van der Waals surface area contributed by atoms with Crippen molar-refractivity contribution >= 4 is 11.9 Å². The van der Waals surface area contributed by atoms with Crippen LogP contribution in [0, 0.1) is 0 Å². The minimum atomic E-state index is -0.0820. The van der Waals surface area contributed by atoms with Crippen molar-refractivity contribution < 1.29 is 19.1 Å². The Morgan fingerprint density at radius 3 is 1.31 bits per heavy atom. The molecule has 36 heavy (non-hydrogen) atoms. The molecule has 0 radical (unpaired) electrons. The highest BCUT2D eigenvalue weighted by atomic mass is 16.5. The number of carbonyl (C=O) groups excluding carboxylic acids is 2. The molecule has 4 heteroatoms. The highest BCUT2D eigenvalue weighted by molar-refractivity contribution is 5.69. The van der Waals surface area contributed by atoms with Gasteiger partial charge in [-0.1, -0.05) is 135 Å². The molecule has 0 N–H and O–H groups in total. The second-order valence-electron chi connectivity index (χ2n) is 10.3. The molecule has 0 saturated carbocycles. The first-order valence-electron chi connectivity index (χ1n) is 15.7. The fraction of sp³-hybridized carbons (Fsp3) is 0.875. The summed E-state index contributed by atoms with van der Waals surface area (Å²) in [6.45, 7) is 5.45. The second-order valence-corrected chi connectivity index (χ2v) is 10.3. The number of unbranched alkanes of at least 4 members (excludes halogenated alkanes) is 18. The first-order chi connectivity index (χ1) is 17.7. The lowest BCUT2D eigenvalue weighted by molar-refractivity contribution is -0.144. The third-order valence-corrected chi connectivity index (χ3v) is 6.72. The highest BCUT2D eigenvalue weighted by Crippen LogP contribution is 2.13. The van der Waals surface area contributed by atoms with Crippen molar-refractivity contribution in [3.8, 4) is 0 Å². The molecule has 0 rings (SSSR count). The first kappa shape index (κ1) is 34.7. The van der Waals surface area contributed by atoms with Crippen molar-refractivity contribution in [2.45, 2.75) is 168 Å². The molecule has 0 aromatic carbocycles. The van der Waals surface area contributed by atoms with Crippen molar-refractivity contribution in [2.24, 2.45) is 0 Å². The van der Waals surface area contributed by atoms with E-state index in [-0.39, 0.29) is 11.9 Å². The van der Waals surface area contributed by atoms with Crippen molar-refractivity contribution in [3.63, 3.8) is 0 Å². The van der Waals surface area contributed by atoms with E-state index in [1.165, 1.54) is 83.5 Å². The second kappa shape index (κ2) is 29.9. The van der Waals surface area contributed by atoms with Crippen molar-refractivity contribution in [1.82, 2.24) is 0 Å². The van der Waals surface area contributed by atoms with Crippen molar-refractivity contribution in [2.75, 3.05) is 13.2 Å². The summed E-state index contributed by atoms with van der Waals surface area (Å²) in [4.78, 5) is 23.5. The maximum Gasteiger partial charge on any atom is 0.305 e. The van der Waals surface area contributed by atoms with E-state index in [1.807, 2.05) is 0 Å². The standard InChI is InChI=1S/C32H60O4/c1-3-5-7-9-10-11-12-13-14-15-16-19-22-26-30-36-32(34)28-24-21-18-17-20-23-27-31(33)35-29-25-8-6-4-2/h6,8H,3-5,7,9-30H2,1-2H3/b8-6-. The van der Waals surface area contributed by atoms with E-state index in [0.29, 0.717) is 26.1 Å². The van der Waals surface area contributed by atoms with Gasteiger partial charge in [0.05, 0.1) is 13.2 Å². The van der Waals surface area contributed by atoms with Crippen LogP contribution in [0.3, 0.4) is 0 Å². The highest BCUT2D eigenvalue weighted by Gasteiger charge is 2.04. The van der Waals surface area contributed by atoms with Gasteiger partial charge in [-0.15, -0.1) is 0 Å². The Hall–Kier alpha value is -1.32. The number of hydrogen-bond acceptors (Lipinski definition) is 4. The SMILES string of the molecule is CC/C=C\CCOC(=O)CCCCCCCCC(=O)OCCCCCCCCCCCCCCCC. The maximum atomic E-state index is 11.9. The predicted octanol–water partition coefficient (Wildman–Crippen LogP) is 10.0. The van der Waals surface area contributed by atoms with Gasteiger partial charge in [-0.05, 0) is 32.1 Å². The van der Waals surface area contributed by atoms with E-state index in [0.717, 1.165) is 57.8 Å². The Balaban J connectivity index is 3.24. The summed E-state index contributed by atoms with van der Waals surface area (Å²) in [5.41, 5.74) is 0. The van der Waals surface area contributed by atoms with Gasteiger partial charge in [-0.3, -0.25) is 9.59 Å². The van der Waals surface area contributed by atoms with Gasteiger partial charge in [0.2, 0.25) is 0 Å². The lowest BCUT2D eigenvalue weighted by Gasteiger charge is -2.06. The first-order valence-corrected chi connectivity index (χ1v) is 15.7. The summed E-state index contributed by atoms with van der Waals surface area (Å²) in [7, 11) is 0. The van der Waals surface area contributed by atoms with Crippen LogP contribution in [0.4, 0.5) is 0 Å². The van der Waals surface area contributed by atoms with E-state index < -0.39 is 0 Å². The number of hydrogen-bond donors (Lipinski definition) is 0. The maximum absolute atomic E-state index is 11.9. The molecule has 0 atom stereocenters. The van der Waals surface area contributed by atoms with Crippen molar-refractivity contribution in [1.29, 1.82) is 0 Å². The van der Waals surface area contributed by atoms with E-state index >= 15 is 0 Å². The van der Waals surface area contributed by atoms with Gasteiger partial charge in [0.1, 0.15) is 0 Å². The molecule has 0 aliphatic carbocycles. The molecule has 212 valence electrons. The summed E-state index contributed by atoms with van der Waals surface area (Å²) in [5, 5.41) is 0. The molecular weight excluding hydrogens is 448 g/mol. The van der Waals surface area contributed by atoms with Gasteiger partial charge < -0.3 is 9.47 Å². The summed E-state index contributed by atoms with van der Waals surface area (Å²) in [6.07, 6.45) is 31.9. The van der Waals surface area contributed by atoms with E-state index in [1.54, 1.807) is 0 Å². The van der Waals surface area contributed by atoms with E-state index in [2.05, 4.69) is 26.0 Å². The molecule has 0 spiro atoms. The molecule has 0 aromatic rings. The molecule has 0 aliphatic rings. The summed E-state index contributed by atoms with van der Waals surface area (Å²) >= 11 is 0. The number of carbonyl (C=O) groups is 2. The molecule has 0 unspecified atom stereocenters. The fourth-order valence-corrected chi connectivity index (χ4v) is 4.40. The normalized spacial score (nSPS) is 11.3. The monoisotopic (exact) mass is 508 g/mol. The molecular formula is C32H60O4. The molecule has 0 saturated heterocycles. The van der Waals surface area contributed by atoms with Crippen LogP contribution >= 0.6 is 0 Å².